The van der Waals surface area contributed by atoms with Gasteiger partial charge >= 0.3 is 5.91 Å². The summed E-state index contributed by atoms with van der Waals surface area (Å²) >= 11 is 7.18. The Kier molecular flexibility index (Phi) is 5.64. The van der Waals surface area contributed by atoms with E-state index < -0.39 is 17.7 Å². The summed E-state index contributed by atoms with van der Waals surface area (Å²) in [5.74, 6) is -1.43. The first-order valence-electron chi connectivity index (χ1n) is 9.75. The lowest BCUT2D eigenvalue weighted by atomic mass is 9.93. The van der Waals surface area contributed by atoms with Crippen LogP contribution in [0.5, 0.6) is 0 Å². The first kappa shape index (κ1) is 21.2. The molecule has 0 spiro atoms. The monoisotopic (exact) mass is 453 g/mol. The summed E-state index contributed by atoms with van der Waals surface area (Å²) < 4.78 is 0. The Morgan fingerprint density at radius 2 is 1.71 bits per heavy atom. The normalized spacial score (nSPS) is 18.2. The quantitative estimate of drug-likeness (QED) is 0.331. The Morgan fingerprint density at radius 3 is 2.26 bits per heavy atom. The van der Waals surface area contributed by atoms with Crippen LogP contribution in [-0.4, -0.2) is 27.0 Å². The fourth-order valence-corrected chi connectivity index (χ4v) is 4.40. The molecule has 31 heavy (non-hydrogen) atoms. The van der Waals surface area contributed by atoms with Crippen molar-refractivity contribution in [2.75, 3.05) is 4.90 Å². The minimum Gasteiger partial charge on any atom is -0.507 e. The molecule has 1 aromatic heterocycles. The van der Waals surface area contributed by atoms with Gasteiger partial charge in [-0.15, -0.1) is 10.2 Å². The van der Waals surface area contributed by atoms with E-state index in [0.717, 1.165) is 5.56 Å². The van der Waals surface area contributed by atoms with E-state index in [1.165, 1.54) is 16.2 Å². The van der Waals surface area contributed by atoms with Gasteiger partial charge in [0.15, 0.2) is 0 Å². The molecule has 1 amide bonds. The van der Waals surface area contributed by atoms with Crippen molar-refractivity contribution in [1.82, 2.24) is 10.2 Å². The number of ketones is 1. The first-order valence-corrected chi connectivity index (χ1v) is 10.9. The zero-order valence-electron chi connectivity index (χ0n) is 17.2. The summed E-state index contributed by atoms with van der Waals surface area (Å²) in [5.41, 5.74) is 2.24. The molecule has 0 radical (unpaired) electrons. The van der Waals surface area contributed by atoms with Gasteiger partial charge in [0, 0.05) is 10.6 Å². The van der Waals surface area contributed by atoms with E-state index in [1.54, 1.807) is 31.2 Å². The average Bonchev–Trinajstić information content (AvgIpc) is 3.29. The first-order chi connectivity index (χ1) is 14.8. The van der Waals surface area contributed by atoms with E-state index in [1.807, 2.05) is 24.3 Å². The van der Waals surface area contributed by atoms with Crippen molar-refractivity contribution in [3.05, 3.63) is 80.8 Å². The number of halogens is 1. The van der Waals surface area contributed by atoms with Gasteiger partial charge in [0.1, 0.15) is 10.8 Å². The van der Waals surface area contributed by atoms with Gasteiger partial charge in [0.2, 0.25) is 5.13 Å². The van der Waals surface area contributed by atoms with Gasteiger partial charge in [0.05, 0.1) is 11.6 Å². The highest BCUT2D eigenvalue weighted by Gasteiger charge is 2.48. The average molecular weight is 454 g/mol. The zero-order valence-corrected chi connectivity index (χ0v) is 18.7. The number of anilines is 1. The fraction of sp³-hybridized carbons (Fsp3) is 0.217. The Hall–Kier alpha value is -3.03. The van der Waals surface area contributed by atoms with Crippen molar-refractivity contribution in [3.8, 4) is 0 Å². The van der Waals surface area contributed by atoms with Crippen molar-refractivity contribution >= 4 is 45.5 Å². The number of carbonyl (C=O) groups is 2. The number of hydrogen-bond acceptors (Lipinski definition) is 6. The fourth-order valence-electron chi connectivity index (χ4n) is 3.56. The van der Waals surface area contributed by atoms with E-state index in [0.29, 0.717) is 32.2 Å². The predicted octanol–water partition coefficient (Wildman–Crippen LogP) is 5.25. The third kappa shape index (κ3) is 3.86. The molecule has 8 heteroatoms. The molecule has 0 aliphatic carbocycles. The number of hydrogen-bond donors (Lipinski definition) is 1. The highest BCUT2D eigenvalue weighted by atomic mass is 35.5. The Bertz CT molecular complexity index is 1180. The third-order valence-electron chi connectivity index (χ3n) is 5.20. The van der Waals surface area contributed by atoms with Gasteiger partial charge in [-0.1, -0.05) is 61.1 Å². The molecule has 1 atom stereocenters. The van der Waals surface area contributed by atoms with Crippen LogP contribution >= 0.6 is 22.9 Å². The molecule has 2 aromatic carbocycles. The molecule has 1 aliphatic heterocycles. The summed E-state index contributed by atoms with van der Waals surface area (Å²) in [6.07, 6.45) is 0. The Morgan fingerprint density at radius 1 is 1.06 bits per heavy atom. The maximum atomic E-state index is 13.1. The summed E-state index contributed by atoms with van der Waals surface area (Å²) in [5, 5.41) is 20.6. The zero-order chi connectivity index (χ0) is 22.3. The van der Waals surface area contributed by atoms with Crippen LogP contribution in [0.15, 0.2) is 54.1 Å². The second-order valence-corrected chi connectivity index (χ2v) is 9.20. The molecule has 158 valence electrons. The molecule has 1 N–H and O–H groups in total. The van der Waals surface area contributed by atoms with Gasteiger partial charge in [-0.2, -0.15) is 0 Å². The smallest absolute Gasteiger partial charge is 0.301 e. The summed E-state index contributed by atoms with van der Waals surface area (Å²) in [6.45, 7) is 5.95. The number of amides is 1. The molecule has 0 bridgehead atoms. The highest BCUT2D eigenvalue weighted by molar-refractivity contribution is 7.15. The van der Waals surface area contributed by atoms with Crippen molar-refractivity contribution in [3.63, 3.8) is 0 Å². The summed E-state index contributed by atoms with van der Waals surface area (Å²) in [6, 6.07) is 13.3. The molecule has 4 rings (SSSR count). The van der Waals surface area contributed by atoms with Crippen LogP contribution < -0.4 is 4.90 Å². The molecule has 2 heterocycles. The lowest BCUT2D eigenvalue weighted by molar-refractivity contribution is -0.132. The lowest BCUT2D eigenvalue weighted by Gasteiger charge is -2.23. The molecule has 1 fully saturated rings. The highest BCUT2D eigenvalue weighted by Crippen LogP contribution is 2.43. The second-order valence-electron chi connectivity index (χ2n) is 7.60. The van der Waals surface area contributed by atoms with Crippen LogP contribution in [0.2, 0.25) is 5.02 Å². The van der Waals surface area contributed by atoms with Gasteiger partial charge in [-0.25, -0.2) is 0 Å². The van der Waals surface area contributed by atoms with Gasteiger partial charge in [-0.05, 0) is 48.2 Å². The van der Waals surface area contributed by atoms with Gasteiger partial charge in [0.25, 0.3) is 5.78 Å². The standard InChI is InChI=1S/C23H20ClN3O3S/c1-12(2)14-4-6-15(7-5-14)19-18(20(28)16-8-10-17(24)11-9-16)21(29)22(30)27(19)23-26-25-13(3)31-23/h4-12,19,28H,1-3H3/t19-/m0/s1. The number of aryl methyl sites for hydroxylation is 1. The summed E-state index contributed by atoms with van der Waals surface area (Å²) in [4.78, 5) is 27.4. The largest absolute Gasteiger partial charge is 0.507 e. The number of nitrogens with zero attached hydrogens (tertiary/aromatic N) is 3. The molecule has 0 unspecified atom stereocenters. The SMILES string of the molecule is Cc1nnc(N2C(=O)C(=O)C(=C(O)c3ccc(Cl)cc3)[C@@H]2c2ccc(C(C)C)cc2)s1. The number of aromatic nitrogens is 2. The lowest BCUT2D eigenvalue weighted by Crippen LogP contribution is -2.29. The molecule has 0 saturated carbocycles. The van der Waals surface area contributed by atoms with Crippen LogP contribution in [0, 0.1) is 6.92 Å². The van der Waals surface area contributed by atoms with Crippen molar-refractivity contribution in [1.29, 1.82) is 0 Å². The number of benzene rings is 2. The summed E-state index contributed by atoms with van der Waals surface area (Å²) in [7, 11) is 0. The number of carbonyl (C=O) groups excluding carboxylic acids is 2. The number of Topliss-reactive ketones (excluding diaryl/α,β-unsaturated/α-hetero) is 1. The number of aliphatic hydroxyl groups excluding tert-OH is 1. The van der Waals surface area contributed by atoms with E-state index in [2.05, 4.69) is 24.0 Å². The Labute approximate surface area is 188 Å². The molecule has 1 aliphatic rings. The van der Waals surface area contributed by atoms with Crippen LogP contribution in [0.4, 0.5) is 5.13 Å². The van der Waals surface area contributed by atoms with E-state index in [9.17, 15) is 14.7 Å². The molecule has 3 aromatic rings. The molecular formula is C23H20ClN3O3S. The van der Waals surface area contributed by atoms with Crippen LogP contribution in [0.25, 0.3) is 5.76 Å². The second kappa shape index (κ2) is 8.24. The maximum Gasteiger partial charge on any atom is 0.301 e. The van der Waals surface area contributed by atoms with Crippen LogP contribution in [-0.2, 0) is 9.59 Å². The van der Waals surface area contributed by atoms with Crippen molar-refractivity contribution in [2.24, 2.45) is 0 Å². The van der Waals surface area contributed by atoms with E-state index in [-0.39, 0.29) is 11.3 Å². The molecule has 1 saturated heterocycles. The van der Waals surface area contributed by atoms with Crippen LogP contribution in [0.1, 0.15) is 47.5 Å². The number of rotatable bonds is 4. The Balaban J connectivity index is 1.91. The van der Waals surface area contributed by atoms with Gasteiger partial charge < -0.3 is 5.11 Å². The van der Waals surface area contributed by atoms with Crippen molar-refractivity contribution < 1.29 is 14.7 Å². The third-order valence-corrected chi connectivity index (χ3v) is 6.29. The topological polar surface area (TPSA) is 83.4 Å². The number of aliphatic hydroxyl groups is 1. The minimum atomic E-state index is -0.816. The van der Waals surface area contributed by atoms with Crippen molar-refractivity contribution in [2.45, 2.75) is 32.7 Å². The van der Waals surface area contributed by atoms with Gasteiger partial charge in [-0.3, -0.25) is 14.5 Å². The van der Waals surface area contributed by atoms with E-state index >= 15 is 0 Å². The molecule has 6 nitrogen and oxygen atoms in total. The predicted molar refractivity (Wildman–Crippen MR) is 121 cm³/mol. The molecular weight excluding hydrogens is 434 g/mol. The maximum absolute atomic E-state index is 13.1. The van der Waals surface area contributed by atoms with E-state index in [4.69, 9.17) is 11.6 Å². The van der Waals surface area contributed by atoms with Crippen LogP contribution in [0.3, 0.4) is 0 Å². The minimum absolute atomic E-state index is 0.0115.